The lowest BCUT2D eigenvalue weighted by atomic mass is 10.1. The van der Waals surface area contributed by atoms with Crippen LogP contribution < -0.4 is 4.90 Å². The average molecular weight is 324 g/mol. The van der Waals surface area contributed by atoms with Crippen LogP contribution in [-0.4, -0.2) is 61.4 Å². The second-order valence-electron chi connectivity index (χ2n) is 6.17. The first-order valence-electron chi connectivity index (χ1n) is 8.10. The zero-order valence-corrected chi connectivity index (χ0v) is 14.4. The van der Waals surface area contributed by atoms with Crippen LogP contribution in [-0.2, 0) is 0 Å². The second-order valence-corrected chi connectivity index (χ2v) is 6.17. The Hall–Kier alpha value is -1.53. The van der Waals surface area contributed by atoms with Crippen molar-refractivity contribution < 1.29 is 8.78 Å². The van der Waals surface area contributed by atoms with Crippen molar-refractivity contribution >= 4 is 11.5 Å². The Kier molecular flexibility index (Phi) is 5.70. The Balaban J connectivity index is 2.24. The van der Waals surface area contributed by atoms with Gasteiger partial charge in [0.15, 0.2) is 11.6 Å². The summed E-state index contributed by atoms with van der Waals surface area (Å²) in [5, 5.41) is 8.52. The molecule has 4 nitrogen and oxygen atoms in total. The highest BCUT2D eigenvalue weighted by atomic mass is 19.2. The maximum atomic E-state index is 14.3. The van der Waals surface area contributed by atoms with Crippen molar-refractivity contribution in [2.24, 2.45) is 0 Å². The van der Waals surface area contributed by atoms with Crippen LogP contribution in [0.2, 0.25) is 0 Å². The molecule has 6 heteroatoms. The summed E-state index contributed by atoms with van der Waals surface area (Å²) in [5.74, 6) is -1.43. The number of rotatable bonds is 4. The second kappa shape index (κ2) is 7.36. The van der Waals surface area contributed by atoms with Crippen molar-refractivity contribution in [1.29, 1.82) is 5.41 Å². The van der Waals surface area contributed by atoms with Gasteiger partial charge in [-0.15, -0.1) is 0 Å². The highest BCUT2D eigenvalue weighted by Crippen LogP contribution is 2.27. The van der Waals surface area contributed by atoms with Crippen molar-refractivity contribution in [1.82, 2.24) is 9.80 Å². The third kappa shape index (κ3) is 3.70. The van der Waals surface area contributed by atoms with Gasteiger partial charge in [0.2, 0.25) is 0 Å². The number of halogens is 2. The minimum absolute atomic E-state index is 0.134. The van der Waals surface area contributed by atoms with Crippen LogP contribution in [0, 0.1) is 24.0 Å². The van der Waals surface area contributed by atoms with Crippen molar-refractivity contribution in [2.45, 2.75) is 26.8 Å². The molecule has 1 unspecified atom stereocenters. The quantitative estimate of drug-likeness (QED) is 0.683. The first kappa shape index (κ1) is 17.8. The van der Waals surface area contributed by atoms with E-state index in [2.05, 4.69) is 16.8 Å². The van der Waals surface area contributed by atoms with E-state index in [1.54, 1.807) is 17.9 Å². The van der Waals surface area contributed by atoms with Gasteiger partial charge in [-0.05, 0) is 39.4 Å². The van der Waals surface area contributed by atoms with Gasteiger partial charge in [-0.2, -0.15) is 0 Å². The van der Waals surface area contributed by atoms with E-state index in [9.17, 15) is 8.78 Å². The zero-order chi connectivity index (χ0) is 17.1. The SMILES string of the molecule is CCN(C(=N)C(C)N1CCN(C)CC1)c1c(C)ccc(F)c1F. The molecule has 1 aromatic carbocycles. The summed E-state index contributed by atoms with van der Waals surface area (Å²) in [7, 11) is 2.08. The molecule has 1 N–H and O–H groups in total. The van der Waals surface area contributed by atoms with Crippen molar-refractivity contribution in [3.63, 3.8) is 0 Å². The predicted molar refractivity (Wildman–Crippen MR) is 90.4 cm³/mol. The standard InChI is InChI=1S/C17H26F2N4/c1-5-23(16-12(2)6-7-14(18)15(16)19)17(20)13(3)22-10-8-21(4)9-11-22/h6-7,13,20H,5,8-11H2,1-4H3. The van der Waals surface area contributed by atoms with Crippen LogP contribution in [0.15, 0.2) is 12.1 Å². The van der Waals surface area contributed by atoms with Crippen LogP contribution in [0.5, 0.6) is 0 Å². The molecule has 2 rings (SSSR count). The number of nitrogens with zero attached hydrogens (tertiary/aromatic N) is 3. The number of benzene rings is 1. The van der Waals surface area contributed by atoms with Crippen molar-refractivity contribution in [3.8, 4) is 0 Å². The van der Waals surface area contributed by atoms with Gasteiger partial charge in [-0.3, -0.25) is 10.3 Å². The average Bonchev–Trinajstić information content (AvgIpc) is 2.54. The molecule has 1 aromatic rings. The molecule has 23 heavy (non-hydrogen) atoms. The summed E-state index contributed by atoms with van der Waals surface area (Å²) in [6.07, 6.45) is 0. The van der Waals surface area contributed by atoms with Gasteiger partial charge >= 0.3 is 0 Å². The molecule has 0 aromatic heterocycles. The lowest BCUT2D eigenvalue weighted by Crippen LogP contribution is -2.53. The van der Waals surface area contributed by atoms with E-state index in [-0.39, 0.29) is 11.7 Å². The number of nitrogens with one attached hydrogen (secondary N) is 1. The fourth-order valence-electron chi connectivity index (χ4n) is 3.02. The topological polar surface area (TPSA) is 33.6 Å². The van der Waals surface area contributed by atoms with Crippen LogP contribution in [0.3, 0.4) is 0 Å². The summed E-state index contributed by atoms with van der Waals surface area (Å²) < 4.78 is 27.9. The minimum Gasteiger partial charge on any atom is -0.327 e. The van der Waals surface area contributed by atoms with E-state index in [0.29, 0.717) is 17.9 Å². The van der Waals surface area contributed by atoms with E-state index in [4.69, 9.17) is 5.41 Å². The molecule has 0 spiro atoms. The minimum atomic E-state index is -0.873. The van der Waals surface area contributed by atoms with Gasteiger partial charge in [0.25, 0.3) is 0 Å². The molecule has 0 radical (unpaired) electrons. The van der Waals surface area contributed by atoms with E-state index in [1.807, 2.05) is 13.8 Å². The van der Waals surface area contributed by atoms with E-state index >= 15 is 0 Å². The van der Waals surface area contributed by atoms with Gasteiger partial charge in [-0.1, -0.05) is 6.07 Å². The van der Waals surface area contributed by atoms with Crippen LogP contribution in [0.1, 0.15) is 19.4 Å². The molecule has 0 bridgehead atoms. The maximum Gasteiger partial charge on any atom is 0.182 e. The number of amidine groups is 1. The van der Waals surface area contributed by atoms with Gasteiger partial charge in [0.05, 0.1) is 11.7 Å². The van der Waals surface area contributed by atoms with Gasteiger partial charge in [-0.25, -0.2) is 8.78 Å². The number of aryl methyl sites for hydroxylation is 1. The summed E-state index contributed by atoms with van der Waals surface area (Å²) in [6, 6.07) is 2.56. The van der Waals surface area contributed by atoms with Gasteiger partial charge in [0, 0.05) is 32.7 Å². The Bertz CT molecular complexity index is 568. The molecular formula is C17H26F2N4. The Morgan fingerprint density at radius 1 is 1.26 bits per heavy atom. The fourth-order valence-corrected chi connectivity index (χ4v) is 3.02. The first-order chi connectivity index (χ1) is 10.9. The highest BCUT2D eigenvalue weighted by Gasteiger charge is 2.28. The highest BCUT2D eigenvalue weighted by molar-refractivity contribution is 5.99. The Morgan fingerprint density at radius 3 is 2.43 bits per heavy atom. The van der Waals surface area contributed by atoms with E-state index in [1.165, 1.54) is 0 Å². The number of hydrogen-bond acceptors (Lipinski definition) is 3. The summed E-state index contributed by atoms with van der Waals surface area (Å²) >= 11 is 0. The maximum absolute atomic E-state index is 14.3. The molecule has 128 valence electrons. The molecule has 0 saturated carbocycles. The third-order valence-corrected chi connectivity index (χ3v) is 4.63. The van der Waals surface area contributed by atoms with Crippen molar-refractivity contribution in [3.05, 3.63) is 29.3 Å². The lowest BCUT2D eigenvalue weighted by Gasteiger charge is -2.39. The molecule has 1 aliphatic rings. The Labute approximate surface area is 137 Å². The zero-order valence-electron chi connectivity index (χ0n) is 14.4. The smallest absolute Gasteiger partial charge is 0.182 e. The Morgan fingerprint density at radius 2 is 1.87 bits per heavy atom. The molecule has 1 aliphatic heterocycles. The fraction of sp³-hybridized carbons (Fsp3) is 0.588. The lowest BCUT2D eigenvalue weighted by molar-refractivity contribution is 0.141. The van der Waals surface area contributed by atoms with E-state index in [0.717, 1.165) is 32.2 Å². The third-order valence-electron chi connectivity index (χ3n) is 4.63. The van der Waals surface area contributed by atoms with Gasteiger partial charge in [0.1, 0.15) is 5.84 Å². The molecule has 1 atom stereocenters. The molecule has 1 saturated heterocycles. The van der Waals surface area contributed by atoms with E-state index < -0.39 is 11.6 Å². The largest absolute Gasteiger partial charge is 0.327 e. The summed E-state index contributed by atoms with van der Waals surface area (Å²) in [5.41, 5.74) is 0.819. The summed E-state index contributed by atoms with van der Waals surface area (Å²) in [4.78, 5) is 6.05. The van der Waals surface area contributed by atoms with Crippen LogP contribution in [0.4, 0.5) is 14.5 Å². The number of hydrogen-bond donors (Lipinski definition) is 1. The number of anilines is 1. The molecule has 0 amide bonds. The number of piperazine rings is 1. The normalized spacial score (nSPS) is 18.0. The van der Waals surface area contributed by atoms with Crippen LogP contribution in [0.25, 0.3) is 0 Å². The summed E-state index contributed by atoms with van der Waals surface area (Å²) in [6.45, 7) is 9.66. The molecule has 0 aliphatic carbocycles. The molecule has 1 fully saturated rings. The predicted octanol–water partition coefficient (Wildman–Crippen LogP) is 2.71. The van der Waals surface area contributed by atoms with Crippen molar-refractivity contribution in [2.75, 3.05) is 44.7 Å². The molecular weight excluding hydrogens is 298 g/mol. The first-order valence-corrected chi connectivity index (χ1v) is 8.10. The van der Waals surface area contributed by atoms with Gasteiger partial charge < -0.3 is 9.80 Å². The number of likely N-dealkylation sites (N-methyl/N-ethyl adjacent to an activating group) is 2. The monoisotopic (exact) mass is 324 g/mol. The molecule has 1 heterocycles. The van der Waals surface area contributed by atoms with Crippen LogP contribution >= 0.6 is 0 Å².